The quantitative estimate of drug-likeness (QED) is 0.805. The highest BCUT2D eigenvalue weighted by molar-refractivity contribution is 7.17. The number of carbonyl (C=O) groups is 1. The number of nitriles is 1. The van der Waals surface area contributed by atoms with Gasteiger partial charge in [0.05, 0.1) is 16.5 Å². The molecule has 0 saturated heterocycles. The summed E-state index contributed by atoms with van der Waals surface area (Å²) in [5.41, 5.74) is 1.14. The van der Waals surface area contributed by atoms with Gasteiger partial charge in [0.15, 0.2) is 6.29 Å². The molecule has 0 aliphatic rings. The molecule has 0 amide bonds. The van der Waals surface area contributed by atoms with E-state index in [0.29, 0.717) is 10.4 Å². The Balaban J connectivity index is 2.51. The molecule has 2 rings (SSSR count). The number of benzene rings is 1. The second-order valence-electron chi connectivity index (χ2n) is 3.20. The molecule has 1 aromatic carbocycles. The van der Waals surface area contributed by atoms with E-state index in [1.807, 2.05) is 6.07 Å². The van der Waals surface area contributed by atoms with Crippen molar-refractivity contribution in [3.05, 3.63) is 40.8 Å². The van der Waals surface area contributed by atoms with E-state index in [4.69, 9.17) is 5.26 Å². The summed E-state index contributed by atoms with van der Waals surface area (Å²) in [5.74, 6) is 0.0510. The minimum Gasteiger partial charge on any atom is -0.508 e. The minimum absolute atomic E-state index is 0.0510. The number of phenolic OH excluding ortho intramolecular Hbond substituents is 1. The van der Waals surface area contributed by atoms with E-state index in [1.54, 1.807) is 24.3 Å². The van der Waals surface area contributed by atoms with Crippen LogP contribution in [0.2, 0.25) is 0 Å². The SMILES string of the molecule is N#Cc1cc(O)cc(-c2ccc(C=O)s2)c1. The van der Waals surface area contributed by atoms with E-state index >= 15 is 0 Å². The number of nitrogens with zero attached hydrogens (tertiary/aromatic N) is 1. The molecule has 0 aliphatic heterocycles. The van der Waals surface area contributed by atoms with Gasteiger partial charge in [0.1, 0.15) is 5.75 Å². The van der Waals surface area contributed by atoms with Gasteiger partial charge in [0.2, 0.25) is 0 Å². The van der Waals surface area contributed by atoms with Crippen molar-refractivity contribution in [1.82, 2.24) is 0 Å². The molecule has 0 saturated carbocycles. The van der Waals surface area contributed by atoms with Gasteiger partial charge in [-0.05, 0) is 35.9 Å². The Morgan fingerprint density at radius 2 is 2.12 bits per heavy atom. The number of hydrogen-bond acceptors (Lipinski definition) is 4. The van der Waals surface area contributed by atoms with Crippen molar-refractivity contribution >= 4 is 17.6 Å². The van der Waals surface area contributed by atoms with Crippen LogP contribution in [0.25, 0.3) is 10.4 Å². The van der Waals surface area contributed by atoms with Crippen LogP contribution in [0, 0.1) is 11.3 Å². The van der Waals surface area contributed by atoms with Crippen LogP contribution in [-0.2, 0) is 0 Å². The van der Waals surface area contributed by atoms with Crippen LogP contribution >= 0.6 is 11.3 Å². The molecule has 78 valence electrons. The Labute approximate surface area is 96.2 Å². The van der Waals surface area contributed by atoms with Crippen molar-refractivity contribution in [2.75, 3.05) is 0 Å². The van der Waals surface area contributed by atoms with Crippen molar-refractivity contribution in [2.24, 2.45) is 0 Å². The van der Waals surface area contributed by atoms with Crippen LogP contribution in [0.5, 0.6) is 5.75 Å². The second kappa shape index (κ2) is 4.17. The largest absolute Gasteiger partial charge is 0.508 e. The summed E-state index contributed by atoms with van der Waals surface area (Å²) in [6.45, 7) is 0. The third-order valence-corrected chi connectivity index (χ3v) is 3.13. The van der Waals surface area contributed by atoms with Crippen LogP contribution in [0.15, 0.2) is 30.3 Å². The van der Waals surface area contributed by atoms with Gasteiger partial charge in [0.25, 0.3) is 0 Å². The van der Waals surface area contributed by atoms with E-state index in [2.05, 4.69) is 0 Å². The average molecular weight is 229 g/mol. The monoisotopic (exact) mass is 229 g/mol. The first-order valence-corrected chi connectivity index (χ1v) is 5.34. The van der Waals surface area contributed by atoms with Gasteiger partial charge < -0.3 is 5.11 Å². The summed E-state index contributed by atoms with van der Waals surface area (Å²) in [6, 6.07) is 10.1. The van der Waals surface area contributed by atoms with Crippen molar-refractivity contribution in [2.45, 2.75) is 0 Å². The lowest BCUT2D eigenvalue weighted by molar-refractivity contribution is 0.112. The van der Waals surface area contributed by atoms with Gasteiger partial charge in [-0.2, -0.15) is 5.26 Å². The fourth-order valence-corrected chi connectivity index (χ4v) is 2.20. The van der Waals surface area contributed by atoms with Crippen LogP contribution in [-0.4, -0.2) is 11.4 Å². The predicted molar refractivity (Wildman–Crippen MR) is 61.5 cm³/mol. The van der Waals surface area contributed by atoms with Gasteiger partial charge >= 0.3 is 0 Å². The van der Waals surface area contributed by atoms with E-state index in [-0.39, 0.29) is 5.75 Å². The molecule has 0 unspecified atom stereocenters. The Morgan fingerprint density at radius 1 is 1.31 bits per heavy atom. The van der Waals surface area contributed by atoms with E-state index in [0.717, 1.165) is 16.7 Å². The first-order valence-electron chi connectivity index (χ1n) is 4.52. The summed E-state index contributed by atoms with van der Waals surface area (Å²) in [7, 11) is 0. The lowest BCUT2D eigenvalue weighted by Gasteiger charge is -1.99. The molecule has 3 nitrogen and oxygen atoms in total. The first kappa shape index (κ1) is 10.4. The molecule has 0 radical (unpaired) electrons. The third-order valence-electron chi connectivity index (χ3n) is 2.07. The van der Waals surface area contributed by atoms with E-state index < -0.39 is 0 Å². The van der Waals surface area contributed by atoms with Crippen molar-refractivity contribution < 1.29 is 9.90 Å². The average Bonchev–Trinajstić information content (AvgIpc) is 2.76. The summed E-state index contributed by atoms with van der Waals surface area (Å²) >= 11 is 1.33. The van der Waals surface area contributed by atoms with Gasteiger partial charge in [-0.1, -0.05) is 0 Å². The fraction of sp³-hybridized carbons (Fsp3) is 0. The number of aromatic hydroxyl groups is 1. The molecule has 0 fully saturated rings. The number of hydrogen-bond donors (Lipinski definition) is 1. The summed E-state index contributed by atoms with van der Waals surface area (Å²) in [6.07, 6.45) is 0.780. The van der Waals surface area contributed by atoms with Crippen LogP contribution in [0.3, 0.4) is 0 Å². The maximum atomic E-state index is 10.5. The Kier molecular flexibility index (Phi) is 2.71. The number of thiophene rings is 1. The smallest absolute Gasteiger partial charge is 0.160 e. The molecule has 0 atom stereocenters. The highest BCUT2D eigenvalue weighted by Crippen LogP contribution is 2.30. The second-order valence-corrected chi connectivity index (χ2v) is 4.32. The molecule has 0 bridgehead atoms. The molecule has 1 heterocycles. The molecule has 1 aromatic heterocycles. The van der Waals surface area contributed by atoms with Gasteiger partial charge in [-0.3, -0.25) is 4.79 Å². The highest BCUT2D eigenvalue weighted by Gasteiger charge is 2.05. The number of carbonyl (C=O) groups excluding carboxylic acids is 1. The molecule has 0 aliphatic carbocycles. The maximum absolute atomic E-state index is 10.5. The number of rotatable bonds is 2. The fourth-order valence-electron chi connectivity index (χ4n) is 1.39. The molecule has 0 spiro atoms. The van der Waals surface area contributed by atoms with Gasteiger partial charge in [0, 0.05) is 4.88 Å². The van der Waals surface area contributed by atoms with Gasteiger partial charge in [-0.25, -0.2) is 0 Å². The van der Waals surface area contributed by atoms with E-state index in [1.165, 1.54) is 17.4 Å². The normalized spacial score (nSPS) is 9.69. The minimum atomic E-state index is 0.0510. The lowest BCUT2D eigenvalue weighted by atomic mass is 10.1. The van der Waals surface area contributed by atoms with E-state index in [9.17, 15) is 9.90 Å². The molecule has 2 aromatic rings. The Bertz CT molecular complexity index is 581. The number of phenols is 1. The van der Waals surface area contributed by atoms with Gasteiger partial charge in [-0.15, -0.1) is 11.3 Å². The Morgan fingerprint density at radius 3 is 2.75 bits per heavy atom. The Hall–Kier alpha value is -2.12. The third kappa shape index (κ3) is 1.95. The summed E-state index contributed by atoms with van der Waals surface area (Å²) in [4.78, 5) is 12.0. The van der Waals surface area contributed by atoms with Crippen LogP contribution in [0.4, 0.5) is 0 Å². The van der Waals surface area contributed by atoms with Crippen LogP contribution < -0.4 is 0 Å². The molecule has 1 N–H and O–H groups in total. The molecular weight excluding hydrogens is 222 g/mol. The summed E-state index contributed by atoms with van der Waals surface area (Å²) in [5, 5.41) is 18.2. The topological polar surface area (TPSA) is 61.1 Å². The standard InChI is InChI=1S/C12H7NO2S/c13-6-8-3-9(5-10(15)4-8)12-2-1-11(7-14)16-12/h1-5,7,15H. The zero-order valence-corrected chi connectivity index (χ0v) is 8.99. The lowest BCUT2D eigenvalue weighted by Crippen LogP contribution is -1.77. The molecule has 4 heteroatoms. The first-order chi connectivity index (χ1) is 7.72. The summed E-state index contributed by atoms with van der Waals surface area (Å²) < 4.78 is 0. The predicted octanol–water partition coefficient (Wildman–Crippen LogP) is 2.80. The van der Waals surface area contributed by atoms with Crippen molar-refractivity contribution in [3.8, 4) is 22.3 Å². The zero-order valence-electron chi connectivity index (χ0n) is 8.18. The zero-order chi connectivity index (χ0) is 11.5. The van der Waals surface area contributed by atoms with Crippen molar-refractivity contribution in [3.63, 3.8) is 0 Å². The van der Waals surface area contributed by atoms with Crippen LogP contribution in [0.1, 0.15) is 15.2 Å². The highest BCUT2D eigenvalue weighted by atomic mass is 32.1. The van der Waals surface area contributed by atoms with Crippen molar-refractivity contribution in [1.29, 1.82) is 5.26 Å². The number of aldehydes is 1. The maximum Gasteiger partial charge on any atom is 0.160 e. The molecular formula is C12H7NO2S. The molecule has 16 heavy (non-hydrogen) atoms.